The van der Waals surface area contributed by atoms with Crippen molar-refractivity contribution in [2.45, 2.75) is 25.5 Å². The third kappa shape index (κ3) is 4.65. The smallest absolute Gasteiger partial charge is 0.253 e. The quantitative estimate of drug-likeness (QED) is 0.872. The fourth-order valence-corrected chi connectivity index (χ4v) is 2.41. The van der Waals surface area contributed by atoms with Crippen molar-refractivity contribution in [1.29, 1.82) is 0 Å². The number of carbonyl (C=O) groups is 1. The zero-order valence-corrected chi connectivity index (χ0v) is 13.2. The highest BCUT2D eigenvalue weighted by Crippen LogP contribution is 2.18. The highest BCUT2D eigenvalue weighted by atomic mass is 79.9. The van der Waals surface area contributed by atoms with Crippen LogP contribution in [0.3, 0.4) is 0 Å². The molecule has 0 aliphatic carbocycles. The molecule has 0 bridgehead atoms. The number of aliphatic hydroxyl groups excluding tert-OH is 1. The standard InChI is InChI=1S/C16H17BrN2O2/c1-11(7-15(20)12-5-3-2-4-6-12)19-16(21)13-8-14(17)10-18-9-13/h2-6,8-11,15,20H,7H2,1H3,(H,19,21). The summed E-state index contributed by atoms with van der Waals surface area (Å²) in [5.74, 6) is -0.198. The van der Waals surface area contributed by atoms with E-state index in [1.165, 1.54) is 6.20 Å². The molecule has 21 heavy (non-hydrogen) atoms. The van der Waals surface area contributed by atoms with Gasteiger partial charge in [0.25, 0.3) is 5.91 Å². The minimum atomic E-state index is -0.595. The van der Waals surface area contributed by atoms with Crippen LogP contribution < -0.4 is 5.32 Å². The molecule has 0 fully saturated rings. The van der Waals surface area contributed by atoms with Crippen molar-refractivity contribution in [3.05, 3.63) is 64.4 Å². The van der Waals surface area contributed by atoms with Crippen LogP contribution in [0.25, 0.3) is 0 Å². The van der Waals surface area contributed by atoms with Gasteiger partial charge in [0.2, 0.25) is 0 Å². The normalized spacial score (nSPS) is 13.5. The van der Waals surface area contributed by atoms with E-state index >= 15 is 0 Å². The van der Waals surface area contributed by atoms with Gasteiger partial charge in [-0.1, -0.05) is 30.3 Å². The lowest BCUT2D eigenvalue weighted by atomic mass is 10.0. The van der Waals surface area contributed by atoms with Gasteiger partial charge in [0.05, 0.1) is 11.7 Å². The Kier molecular flexibility index (Phi) is 5.47. The molecule has 4 nitrogen and oxygen atoms in total. The van der Waals surface area contributed by atoms with E-state index < -0.39 is 6.10 Å². The minimum Gasteiger partial charge on any atom is -0.388 e. The first-order chi connectivity index (χ1) is 10.1. The Morgan fingerprint density at radius 3 is 2.71 bits per heavy atom. The van der Waals surface area contributed by atoms with E-state index in [1.807, 2.05) is 37.3 Å². The predicted molar refractivity (Wildman–Crippen MR) is 84.9 cm³/mol. The van der Waals surface area contributed by atoms with Gasteiger partial charge in [0, 0.05) is 22.9 Å². The van der Waals surface area contributed by atoms with Crippen molar-refractivity contribution in [2.24, 2.45) is 0 Å². The van der Waals surface area contributed by atoms with Crippen molar-refractivity contribution < 1.29 is 9.90 Å². The van der Waals surface area contributed by atoms with E-state index in [0.717, 1.165) is 10.0 Å². The topological polar surface area (TPSA) is 62.2 Å². The van der Waals surface area contributed by atoms with Gasteiger partial charge >= 0.3 is 0 Å². The third-order valence-corrected chi connectivity index (χ3v) is 3.54. The number of halogens is 1. The van der Waals surface area contributed by atoms with E-state index in [1.54, 1.807) is 12.3 Å². The molecule has 0 aliphatic rings. The number of carbonyl (C=O) groups excluding carboxylic acids is 1. The summed E-state index contributed by atoms with van der Waals surface area (Å²) in [6.07, 6.45) is 3.00. The molecule has 0 saturated heterocycles. The number of aliphatic hydroxyl groups is 1. The summed E-state index contributed by atoms with van der Waals surface area (Å²) in [7, 11) is 0. The predicted octanol–water partition coefficient (Wildman–Crippen LogP) is 3.09. The number of nitrogens with one attached hydrogen (secondary N) is 1. The summed E-state index contributed by atoms with van der Waals surface area (Å²) in [6.45, 7) is 1.87. The summed E-state index contributed by atoms with van der Waals surface area (Å²) in [5.41, 5.74) is 1.34. The molecular formula is C16H17BrN2O2. The Morgan fingerprint density at radius 2 is 2.05 bits per heavy atom. The van der Waals surface area contributed by atoms with Gasteiger partial charge in [0.1, 0.15) is 0 Å². The average Bonchev–Trinajstić information content (AvgIpc) is 2.48. The molecule has 2 rings (SSSR count). The number of hydrogen-bond acceptors (Lipinski definition) is 3. The molecule has 1 heterocycles. The summed E-state index contributed by atoms with van der Waals surface area (Å²) in [6, 6.07) is 11.0. The molecule has 0 aliphatic heterocycles. The molecule has 2 atom stereocenters. The number of pyridine rings is 1. The van der Waals surface area contributed by atoms with Crippen LogP contribution in [-0.2, 0) is 0 Å². The lowest BCUT2D eigenvalue weighted by molar-refractivity contribution is 0.0916. The second kappa shape index (κ2) is 7.33. The lowest BCUT2D eigenvalue weighted by Gasteiger charge is -2.18. The van der Waals surface area contributed by atoms with Crippen LogP contribution in [-0.4, -0.2) is 22.0 Å². The average molecular weight is 349 g/mol. The number of aromatic nitrogens is 1. The number of nitrogens with zero attached hydrogens (tertiary/aromatic N) is 1. The van der Waals surface area contributed by atoms with E-state index in [4.69, 9.17) is 0 Å². The van der Waals surface area contributed by atoms with Crippen molar-refractivity contribution in [2.75, 3.05) is 0 Å². The number of amides is 1. The maximum absolute atomic E-state index is 12.1. The molecule has 1 aromatic heterocycles. The zero-order valence-electron chi connectivity index (χ0n) is 11.7. The van der Waals surface area contributed by atoms with Crippen LogP contribution in [0.15, 0.2) is 53.3 Å². The molecular weight excluding hydrogens is 332 g/mol. The molecule has 0 saturated carbocycles. The van der Waals surface area contributed by atoms with Gasteiger partial charge in [0.15, 0.2) is 0 Å². The number of hydrogen-bond donors (Lipinski definition) is 2. The molecule has 5 heteroatoms. The Bertz CT molecular complexity index is 604. The summed E-state index contributed by atoms with van der Waals surface area (Å²) in [4.78, 5) is 16.0. The maximum Gasteiger partial charge on any atom is 0.253 e. The van der Waals surface area contributed by atoms with E-state index in [0.29, 0.717) is 12.0 Å². The van der Waals surface area contributed by atoms with Gasteiger partial charge in [-0.3, -0.25) is 9.78 Å². The maximum atomic E-state index is 12.1. The van der Waals surface area contributed by atoms with Gasteiger partial charge in [-0.2, -0.15) is 0 Å². The van der Waals surface area contributed by atoms with Crippen LogP contribution in [0.4, 0.5) is 0 Å². The minimum absolute atomic E-state index is 0.147. The van der Waals surface area contributed by atoms with Crippen molar-refractivity contribution in [3.8, 4) is 0 Å². The van der Waals surface area contributed by atoms with Crippen LogP contribution in [0, 0.1) is 0 Å². The zero-order chi connectivity index (χ0) is 15.2. The summed E-state index contributed by atoms with van der Waals surface area (Å²) >= 11 is 3.29. The fourth-order valence-electron chi connectivity index (χ4n) is 2.05. The van der Waals surface area contributed by atoms with Gasteiger partial charge < -0.3 is 10.4 Å². The monoisotopic (exact) mass is 348 g/mol. The van der Waals surface area contributed by atoms with Gasteiger partial charge in [-0.15, -0.1) is 0 Å². The Morgan fingerprint density at radius 1 is 1.33 bits per heavy atom. The van der Waals surface area contributed by atoms with E-state index in [2.05, 4.69) is 26.2 Å². The van der Waals surface area contributed by atoms with Crippen molar-refractivity contribution in [3.63, 3.8) is 0 Å². The van der Waals surface area contributed by atoms with Crippen LogP contribution in [0.1, 0.15) is 35.4 Å². The highest BCUT2D eigenvalue weighted by molar-refractivity contribution is 9.10. The van der Waals surface area contributed by atoms with Gasteiger partial charge in [-0.25, -0.2) is 0 Å². The Hall–Kier alpha value is -1.72. The first-order valence-corrected chi connectivity index (χ1v) is 7.50. The first kappa shape index (κ1) is 15.7. The third-order valence-electron chi connectivity index (χ3n) is 3.11. The SMILES string of the molecule is CC(CC(O)c1ccccc1)NC(=O)c1cncc(Br)c1. The molecule has 0 spiro atoms. The lowest BCUT2D eigenvalue weighted by Crippen LogP contribution is -2.33. The van der Waals surface area contributed by atoms with Crippen molar-refractivity contribution >= 4 is 21.8 Å². The molecule has 110 valence electrons. The summed E-state index contributed by atoms with van der Waals surface area (Å²) in [5, 5.41) is 13.0. The molecule has 1 aromatic carbocycles. The molecule has 1 amide bonds. The molecule has 2 N–H and O–H groups in total. The Labute approximate surface area is 132 Å². The molecule has 2 aromatic rings. The fraction of sp³-hybridized carbons (Fsp3) is 0.250. The largest absolute Gasteiger partial charge is 0.388 e. The Balaban J connectivity index is 1.92. The highest BCUT2D eigenvalue weighted by Gasteiger charge is 2.15. The number of rotatable bonds is 5. The van der Waals surface area contributed by atoms with Crippen LogP contribution in [0.2, 0.25) is 0 Å². The second-order valence-corrected chi connectivity index (χ2v) is 5.84. The van der Waals surface area contributed by atoms with Crippen LogP contribution >= 0.6 is 15.9 Å². The van der Waals surface area contributed by atoms with E-state index in [-0.39, 0.29) is 11.9 Å². The molecule has 2 unspecified atom stereocenters. The second-order valence-electron chi connectivity index (χ2n) is 4.93. The van der Waals surface area contributed by atoms with Gasteiger partial charge in [-0.05, 0) is 40.9 Å². The first-order valence-electron chi connectivity index (χ1n) is 6.70. The van der Waals surface area contributed by atoms with Crippen LogP contribution in [0.5, 0.6) is 0 Å². The number of benzene rings is 1. The summed E-state index contributed by atoms with van der Waals surface area (Å²) < 4.78 is 0.757. The molecule has 0 radical (unpaired) electrons. The van der Waals surface area contributed by atoms with Crippen molar-refractivity contribution in [1.82, 2.24) is 10.3 Å². The van der Waals surface area contributed by atoms with E-state index in [9.17, 15) is 9.90 Å².